The molecule has 2 fully saturated rings. The maximum absolute atomic E-state index is 12.5. The number of urea groups is 1. The minimum absolute atomic E-state index is 0.0200. The first-order chi connectivity index (χ1) is 11.0. The topological polar surface area (TPSA) is 64.7 Å². The molecule has 0 aromatic carbocycles. The van der Waals surface area contributed by atoms with Crippen molar-refractivity contribution in [3.63, 3.8) is 0 Å². The molecular formula is C17H32N4O2. The van der Waals surface area contributed by atoms with Crippen LogP contribution in [0.1, 0.15) is 40.0 Å². The molecule has 23 heavy (non-hydrogen) atoms. The van der Waals surface area contributed by atoms with Crippen LogP contribution in [0.25, 0.3) is 0 Å². The largest absolute Gasteiger partial charge is 0.340 e. The van der Waals surface area contributed by atoms with Crippen LogP contribution in [-0.4, -0.2) is 67.0 Å². The fraction of sp³-hybridized carbons (Fsp3) is 0.882. The average Bonchev–Trinajstić information content (AvgIpc) is 2.52. The van der Waals surface area contributed by atoms with Crippen molar-refractivity contribution in [1.82, 2.24) is 20.4 Å². The van der Waals surface area contributed by atoms with Crippen LogP contribution < -0.4 is 10.6 Å². The molecule has 0 radical (unpaired) electrons. The van der Waals surface area contributed by atoms with Crippen LogP contribution in [0.3, 0.4) is 0 Å². The van der Waals surface area contributed by atoms with E-state index < -0.39 is 0 Å². The first-order valence-electron chi connectivity index (χ1n) is 8.99. The van der Waals surface area contributed by atoms with Gasteiger partial charge in [-0.05, 0) is 31.6 Å². The predicted molar refractivity (Wildman–Crippen MR) is 91.2 cm³/mol. The molecule has 0 aromatic heterocycles. The van der Waals surface area contributed by atoms with Crippen molar-refractivity contribution in [3.05, 3.63) is 0 Å². The van der Waals surface area contributed by atoms with Crippen molar-refractivity contribution in [2.24, 2.45) is 11.8 Å². The number of piperidine rings is 1. The molecule has 2 rings (SSSR count). The summed E-state index contributed by atoms with van der Waals surface area (Å²) in [6.07, 6.45) is 2.60. The number of piperazine rings is 1. The molecule has 2 aliphatic heterocycles. The van der Waals surface area contributed by atoms with E-state index in [1.54, 1.807) is 0 Å². The van der Waals surface area contributed by atoms with Gasteiger partial charge < -0.3 is 20.4 Å². The Hall–Kier alpha value is -1.30. The second kappa shape index (κ2) is 8.52. The highest BCUT2D eigenvalue weighted by molar-refractivity contribution is 5.77. The molecule has 2 saturated heterocycles. The van der Waals surface area contributed by atoms with E-state index in [0.29, 0.717) is 37.4 Å². The Kier molecular flexibility index (Phi) is 6.69. The number of likely N-dealkylation sites (tertiary alicyclic amines) is 1. The molecule has 0 aromatic rings. The Balaban J connectivity index is 1.79. The highest BCUT2D eigenvalue weighted by Gasteiger charge is 2.28. The molecule has 2 N–H and O–H groups in total. The van der Waals surface area contributed by atoms with Crippen molar-refractivity contribution in [2.45, 2.75) is 46.1 Å². The van der Waals surface area contributed by atoms with Crippen LogP contribution in [0, 0.1) is 11.8 Å². The van der Waals surface area contributed by atoms with Gasteiger partial charge in [0.15, 0.2) is 0 Å². The van der Waals surface area contributed by atoms with E-state index in [4.69, 9.17) is 0 Å². The number of hydrogen-bond donors (Lipinski definition) is 2. The van der Waals surface area contributed by atoms with Crippen molar-refractivity contribution in [3.8, 4) is 0 Å². The van der Waals surface area contributed by atoms with Gasteiger partial charge >= 0.3 is 6.03 Å². The summed E-state index contributed by atoms with van der Waals surface area (Å²) in [5.41, 5.74) is 0. The average molecular weight is 324 g/mol. The van der Waals surface area contributed by atoms with Gasteiger partial charge in [0.25, 0.3) is 0 Å². The Morgan fingerprint density at radius 1 is 1.22 bits per heavy atom. The smallest absolute Gasteiger partial charge is 0.317 e. The lowest BCUT2D eigenvalue weighted by atomic mass is 9.94. The molecule has 2 unspecified atom stereocenters. The summed E-state index contributed by atoms with van der Waals surface area (Å²) < 4.78 is 0. The molecule has 3 amide bonds. The predicted octanol–water partition coefficient (Wildman–Crippen LogP) is 1.27. The summed E-state index contributed by atoms with van der Waals surface area (Å²) >= 11 is 0. The lowest BCUT2D eigenvalue weighted by molar-refractivity contribution is -0.133. The molecule has 2 aliphatic rings. The third-order valence-corrected chi connectivity index (χ3v) is 4.65. The van der Waals surface area contributed by atoms with Gasteiger partial charge in [0, 0.05) is 51.7 Å². The van der Waals surface area contributed by atoms with E-state index in [9.17, 15) is 9.59 Å². The number of hydrogen-bond acceptors (Lipinski definition) is 3. The van der Waals surface area contributed by atoms with Crippen molar-refractivity contribution in [2.75, 3.05) is 39.3 Å². The zero-order valence-electron chi connectivity index (χ0n) is 14.8. The summed E-state index contributed by atoms with van der Waals surface area (Å²) in [4.78, 5) is 28.5. The van der Waals surface area contributed by atoms with E-state index >= 15 is 0 Å². The van der Waals surface area contributed by atoms with E-state index in [-0.39, 0.29) is 11.9 Å². The van der Waals surface area contributed by atoms with Crippen LogP contribution in [0.2, 0.25) is 0 Å². The molecular weight excluding hydrogens is 292 g/mol. The van der Waals surface area contributed by atoms with Gasteiger partial charge in [0.1, 0.15) is 0 Å². The maximum atomic E-state index is 12.5. The monoisotopic (exact) mass is 324 g/mol. The van der Waals surface area contributed by atoms with E-state index in [1.165, 1.54) is 0 Å². The minimum atomic E-state index is 0.0200. The zero-order chi connectivity index (χ0) is 16.8. The van der Waals surface area contributed by atoms with Crippen molar-refractivity contribution >= 4 is 11.9 Å². The van der Waals surface area contributed by atoms with E-state index in [1.807, 2.05) is 9.80 Å². The van der Waals surface area contributed by atoms with Crippen LogP contribution in [0.5, 0.6) is 0 Å². The number of nitrogens with zero attached hydrogens (tertiary/aromatic N) is 2. The zero-order valence-corrected chi connectivity index (χ0v) is 14.8. The van der Waals surface area contributed by atoms with Gasteiger partial charge in [-0.2, -0.15) is 0 Å². The van der Waals surface area contributed by atoms with Crippen LogP contribution >= 0.6 is 0 Å². The first-order valence-corrected chi connectivity index (χ1v) is 8.99. The first kappa shape index (κ1) is 18.0. The SMILES string of the molecule is CC(C)CNC(=O)N1CCCC(CC(=O)N2CCNC(C)C2)C1. The summed E-state index contributed by atoms with van der Waals surface area (Å²) in [6, 6.07) is 0.393. The van der Waals surface area contributed by atoms with Gasteiger partial charge in [-0.25, -0.2) is 4.79 Å². The lowest BCUT2D eigenvalue weighted by Gasteiger charge is -2.36. The third-order valence-electron chi connectivity index (χ3n) is 4.65. The molecule has 6 heteroatoms. The standard InChI is InChI=1S/C17H32N4O2/c1-13(2)10-19-17(23)21-7-4-5-15(12-21)9-16(22)20-8-6-18-14(3)11-20/h13-15,18H,4-12H2,1-3H3,(H,19,23). The fourth-order valence-electron chi connectivity index (χ4n) is 3.35. The van der Waals surface area contributed by atoms with Gasteiger partial charge in [0.2, 0.25) is 5.91 Å². The number of carbonyl (C=O) groups excluding carboxylic acids is 2. The summed E-state index contributed by atoms with van der Waals surface area (Å²) in [7, 11) is 0. The number of rotatable bonds is 4. The van der Waals surface area contributed by atoms with Crippen LogP contribution in [0.15, 0.2) is 0 Å². The molecule has 0 saturated carbocycles. The second-order valence-corrected chi connectivity index (χ2v) is 7.43. The number of carbonyl (C=O) groups is 2. The summed E-state index contributed by atoms with van der Waals surface area (Å²) in [6.45, 7) is 11.0. The Labute approximate surface area is 140 Å². The lowest BCUT2D eigenvalue weighted by Crippen LogP contribution is -2.52. The minimum Gasteiger partial charge on any atom is -0.340 e. The number of amides is 3. The molecule has 2 atom stereocenters. The quantitative estimate of drug-likeness (QED) is 0.819. The molecule has 132 valence electrons. The van der Waals surface area contributed by atoms with Gasteiger partial charge in [-0.1, -0.05) is 13.8 Å². The molecule has 2 heterocycles. The second-order valence-electron chi connectivity index (χ2n) is 7.43. The van der Waals surface area contributed by atoms with Crippen LogP contribution in [-0.2, 0) is 4.79 Å². The van der Waals surface area contributed by atoms with E-state index in [2.05, 4.69) is 31.4 Å². The normalized spacial score (nSPS) is 25.6. The Morgan fingerprint density at radius 2 is 2.00 bits per heavy atom. The van der Waals surface area contributed by atoms with Gasteiger partial charge in [-0.15, -0.1) is 0 Å². The highest BCUT2D eigenvalue weighted by atomic mass is 16.2. The van der Waals surface area contributed by atoms with E-state index in [0.717, 1.165) is 39.0 Å². The highest BCUT2D eigenvalue weighted by Crippen LogP contribution is 2.21. The Bertz CT molecular complexity index is 413. The van der Waals surface area contributed by atoms with Crippen LogP contribution in [0.4, 0.5) is 4.79 Å². The van der Waals surface area contributed by atoms with Crippen molar-refractivity contribution in [1.29, 1.82) is 0 Å². The molecule has 6 nitrogen and oxygen atoms in total. The Morgan fingerprint density at radius 3 is 2.70 bits per heavy atom. The number of nitrogens with one attached hydrogen (secondary N) is 2. The van der Waals surface area contributed by atoms with Crippen molar-refractivity contribution < 1.29 is 9.59 Å². The maximum Gasteiger partial charge on any atom is 0.317 e. The summed E-state index contributed by atoms with van der Waals surface area (Å²) in [5.74, 6) is 0.995. The summed E-state index contributed by atoms with van der Waals surface area (Å²) in [5, 5.41) is 6.34. The molecule has 0 spiro atoms. The fourth-order valence-corrected chi connectivity index (χ4v) is 3.35. The van der Waals surface area contributed by atoms with Gasteiger partial charge in [-0.3, -0.25) is 4.79 Å². The van der Waals surface area contributed by atoms with Gasteiger partial charge in [0.05, 0.1) is 0 Å². The third kappa shape index (κ3) is 5.68. The molecule has 0 aliphatic carbocycles. The molecule has 0 bridgehead atoms.